The molecule has 5 rings (SSSR count). The van der Waals surface area contributed by atoms with Crippen LogP contribution in [0, 0.1) is 0 Å². The van der Waals surface area contributed by atoms with Crippen molar-refractivity contribution in [3.05, 3.63) is 72.0 Å². The van der Waals surface area contributed by atoms with E-state index < -0.39 is 0 Å². The molecule has 1 saturated heterocycles. The number of carbonyl (C=O) groups is 1. The summed E-state index contributed by atoms with van der Waals surface area (Å²) in [5.74, 6) is 1.21. The molecule has 1 fully saturated rings. The minimum absolute atomic E-state index is 0.221. The van der Waals surface area contributed by atoms with E-state index in [4.69, 9.17) is 4.98 Å². The second kappa shape index (κ2) is 8.28. The van der Waals surface area contributed by atoms with Crippen LogP contribution in [0.15, 0.2) is 66.3 Å². The predicted octanol–water partition coefficient (Wildman–Crippen LogP) is 3.74. The van der Waals surface area contributed by atoms with Crippen molar-refractivity contribution >= 4 is 28.0 Å². The molecule has 3 aromatic heterocycles. The Morgan fingerprint density at radius 2 is 1.80 bits per heavy atom. The topological polar surface area (TPSA) is 53.7 Å². The molecule has 1 aliphatic rings. The Morgan fingerprint density at radius 3 is 2.57 bits per heavy atom. The van der Waals surface area contributed by atoms with Gasteiger partial charge in [0, 0.05) is 61.6 Å². The maximum absolute atomic E-state index is 12.8. The van der Waals surface area contributed by atoms with Crippen molar-refractivity contribution in [2.24, 2.45) is 0 Å². The zero-order chi connectivity index (χ0) is 20.3. The maximum Gasteiger partial charge on any atom is 0.223 e. The number of anilines is 1. The number of aryl methyl sites for hydroxylation is 1. The van der Waals surface area contributed by atoms with Crippen molar-refractivity contribution in [1.29, 1.82) is 0 Å². The summed E-state index contributed by atoms with van der Waals surface area (Å²) < 4.78 is 2.12. The normalized spacial score (nSPS) is 14.4. The van der Waals surface area contributed by atoms with E-state index in [2.05, 4.69) is 38.0 Å². The predicted molar refractivity (Wildman–Crippen MR) is 120 cm³/mol. The van der Waals surface area contributed by atoms with Gasteiger partial charge in [-0.2, -0.15) is 0 Å². The molecule has 1 aromatic carbocycles. The first kappa shape index (κ1) is 18.8. The number of amides is 1. The molecule has 1 aliphatic heterocycles. The number of hydrogen-bond acceptors (Lipinski definition) is 5. The molecule has 30 heavy (non-hydrogen) atoms. The van der Waals surface area contributed by atoms with E-state index >= 15 is 0 Å². The second-order valence-electron chi connectivity index (χ2n) is 7.43. The van der Waals surface area contributed by atoms with Gasteiger partial charge in [0.15, 0.2) is 4.96 Å². The highest BCUT2D eigenvalue weighted by atomic mass is 32.1. The van der Waals surface area contributed by atoms with Crippen LogP contribution in [-0.4, -0.2) is 51.4 Å². The number of aromatic nitrogens is 3. The molecule has 0 bridgehead atoms. The van der Waals surface area contributed by atoms with Crippen molar-refractivity contribution in [2.45, 2.75) is 12.8 Å². The lowest BCUT2D eigenvalue weighted by molar-refractivity contribution is -0.131. The molecule has 0 aliphatic carbocycles. The van der Waals surface area contributed by atoms with Gasteiger partial charge in [-0.15, -0.1) is 11.3 Å². The van der Waals surface area contributed by atoms with Crippen molar-refractivity contribution < 1.29 is 4.79 Å². The van der Waals surface area contributed by atoms with Gasteiger partial charge in [0.25, 0.3) is 0 Å². The molecule has 0 unspecified atom stereocenters. The lowest BCUT2D eigenvalue weighted by atomic mass is 10.2. The Labute approximate surface area is 179 Å². The van der Waals surface area contributed by atoms with Gasteiger partial charge in [-0.1, -0.05) is 36.4 Å². The van der Waals surface area contributed by atoms with Crippen LogP contribution in [0.1, 0.15) is 12.1 Å². The van der Waals surface area contributed by atoms with Crippen LogP contribution >= 0.6 is 11.3 Å². The number of carbonyl (C=O) groups excluding carboxylic acids is 1. The molecule has 0 atom stereocenters. The zero-order valence-corrected chi connectivity index (χ0v) is 17.5. The van der Waals surface area contributed by atoms with E-state index in [1.807, 2.05) is 47.5 Å². The van der Waals surface area contributed by atoms with Crippen molar-refractivity contribution in [3.63, 3.8) is 0 Å². The van der Waals surface area contributed by atoms with Crippen molar-refractivity contribution in [3.8, 4) is 11.3 Å². The first-order valence-corrected chi connectivity index (χ1v) is 11.1. The fourth-order valence-corrected chi connectivity index (χ4v) is 4.78. The number of nitrogens with zero attached hydrogens (tertiary/aromatic N) is 5. The van der Waals surface area contributed by atoms with Gasteiger partial charge < -0.3 is 9.80 Å². The van der Waals surface area contributed by atoms with Crippen LogP contribution < -0.4 is 4.90 Å². The number of thiazole rings is 1. The summed E-state index contributed by atoms with van der Waals surface area (Å²) in [4.78, 5) is 27.1. The van der Waals surface area contributed by atoms with Crippen LogP contribution in [0.25, 0.3) is 16.2 Å². The number of piperazine rings is 1. The van der Waals surface area contributed by atoms with E-state index in [1.54, 1.807) is 11.3 Å². The highest BCUT2D eigenvalue weighted by Crippen LogP contribution is 2.24. The number of fused-ring (bicyclic) bond motifs is 1. The minimum Gasteiger partial charge on any atom is -0.353 e. The molecular weight excluding hydrogens is 394 g/mol. The van der Waals surface area contributed by atoms with E-state index in [0.717, 1.165) is 60.3 Å². The Bertz CT molecular complexity index is 1130. The lowest BCUT2D eigenvalue weighted by Gasteiger charge is -2.35. The molecule has 0 radical (unpaired) electrons. The summed E-state index contributed by atoms with van der Waals surface area (Å²) in [5.41, 5.74) is 3.23. The monoisotopic (exact) mass is 417 g/mol. The van der Waals surface area contributed by atoms with Gasteiger partial charge >= 0.3 is 0 Å². The molecule has 6 nitrogen and oxygen atoms in total. The number of hydrogen-bond donors (Lipinski definition) is 0. The summed E-state index contributed by atoms with van der Waals surface area (Å²) >= 11 is 1.63. The van der Waals surface area contributed by atoms with Crippen LogP contribution in [0.5, 0.6) is 0 Å². The molecule has 1 amide bonds. The lowest BCUT2D eigenvalue weighted by Crippen LogP contribution is -2.49. The summed E-state index contributed by atoms with van der Waals surface area (Å²) in [7, 11) is 0. The minimum atomic E-state index is 0.221. The van der Waals surface area contributed by atoms with E-state index in [0.29, 0.717) is 6.42 Å². The number of pyridine rings is 1. The van der Waals surface area contributed by atoms with Gasteiger partial charge in [-0.05, 0) is 18.6 Å². The summed E-state index contributed by atoms with van der Waals surface area (Å²) in [6, 6.07) is 16.1. The Hall–Kier alpha value is -3.19. The summed E-state index contributed by atoms with van der Waals surface area (Å²) in [5, 5.41) is 2.11. The van der Waals surface area contributed by atoms with Crippen molar-refractivity contribution in [1.82, 2.24) is 19.3 Å². The fourth-order valence-electron chi connectivity index (χ4n) is 3.88. The van der Waals surface area contributed by atoms with E-state index in [9.17, 15) is 4.79 Å². The maximum atomic E-state index is 12.8. The van der Waals surface area contributed by atoms with E-state index in [-0.39, 0.29) is 5.91 Å². The summed E-state index contributed by atoms with van der Waals surface area (Å²) in [6.07, 6.45) is 5.14. The van der Waals surface area contributed by atoms with Crippen LogP contribution in [-0.2, 0) is 11.2 Å². The average molecular weight is 418 g/mol. The number of benzene rings is 1. The highest BCUT2D eigenvalue weighted by molar-refractivity contribution is 7.15. The third-order valence-corrected chi connectivity index (χ3v) is 6.44. The first-order chi connectivity index (χ1) is 14.8. The third kappa shape index (κ3) is 3.80. The fraction of sp³-hybridized carbons (Fsp3) is 0.261. The van der Waals surface area contributed by atoms with Crippen LogP contribution in [0.2, 0.25) is 0 Å². The Morgan fingerprint density at radius 1 is 1.00 bits per heavy atom. The molecule has 152 valence electrons. The molecule has 0 spiro atoms. The zero-order valence-electron chi connectivity index (χ0n) is 16.6. The largest absolute Gasteiger partial charge is 0.353 e. The molecular formula is C23H23N5OS. The first-order valence-electron chi connectivity index (χ1n) is 10.2. The SMILES string of the molecule is O=C(CCc1csc2nc(-c3ccccc3)cn12)N1CCN(c2ccccn2)CC1. The van der Waals surface area contributed by atoms with E-state index in [1.165, 1.54) is 0 Å². The molecule has 4 aromatic rings. The standard InChI is InChI=1S/C23H23N5OS/c29-22(27-14-12-26(13-15-27)21-8-4-5-11-24-21)10-9-19-17-30-23-25-20(16-28(19)23)18-6-2-1-3-7-18/h1-8,11,16-17H,9-10,12-15H2. The average Bonchev–Trinajstić information content (AvgIpc) is 3.40. The van der Waals surface area contributed by atoms with Crippen molar-refractivity contribution in [2.75, 3.05) is 31.1 Å². The number of imidazole rings is 1. The third-order valence-electron chi connectivity index (χ3n) is 5.55. The smallest absolute Gasteiger partial charge is 0.223 e. The quantitative estimate of drug-likeness (QED) is 0.496. The number of rotatable bonds is 5. The van der Waals surface area contributed by atoms with Gasteiger partial charge in [-0.25, -0.2) is 9.97 Å². The van der Waals surface area contributed by atoms with Gasteiger partial charge in [-0.3, -0.25) is 9.20 Å². The van der Waals surface area contributed by atoms with Crippen LogP contribution in [0.3, 0.4) is 0 Å². The molecule has 4 heterocycles. The molecule has 0 N–H and O–H groups in total. The van der Waals surface area contributed by atoms with Gasteiger partial charge in [0.05, 0.1) is 5.69 Å². The second-order valence-corrected chi connectivity index (χ2v) is 8.26. The highest BCUT2D eigenvalue weighted by Gasteiger charge is 2.22. The molecule has 7 heteroatoms. The van der Waals surface area contributed by atoms with Crippen LogP contribution in [0.4, 0.5) is 5.82 Å². The summed E-state index contributed by atoms with van der Waals surface area (Å²) in [6.45, 7) is 3.15. The Kier molecular flexibility index (Phi) is 5.19. The Balaban J connectivity index is 1.20. The molecule has 0 saturated carbocycles. The van der Waals surface area contributed by atoms with Gasteiger partial charge in [0.1, 0.15) is 5.82 Å². The van der Waals surface area contributed by atoms with Gasteiger partial charge in [0.2, 0.25) is 5.91 Å².